The second-order valence-corrected chi connectivity index (χ2v) is 9.01. The third-order valence-corrected chi connectivity index (χ3v) is 6.43. The Morgan fingerprint density at radius 3 is 2.15 bits per heavy atom. The lowest BCUT2D eigenvalue weighted by atomic mass is 10.2. The summed E-state index contributed by atoms with van der Waals surface area (Å²) >= 11 is 1.09. The summed E-state index contributed by atoms with van der Waals surface area (Å²) in [5, 5.41) is 1.53. The lowest BCUT2D eigenvalue weighted by Gasteiger charge is -2.06. The molecule has 0 atom stereocenters. The molecular formula is C15H11FN2O5S3. The van der Waals surface area contributed by atoms with Crippen molar-refractivity contribution in [3.05, 3.63) is 59.7 Å². The first-order valence-electron chi connectivity index (χ1n) is 6.97. The molecule has 0 spiro atoms. The first kappa shape index (κ1) is 18.5. The molecule has 2 aromatic carbocycles. The fraction of sp³-hybridized carbons (Fsp3) is 0. The van der Waals surface area contributed by atoms with Crippen LogP contribution in [0.25, 0.3) is 10.6 Å². The molecule has 0 aliphatic carbocycles. The van der Waals surface area contributed by atoms with Gasteiger partial charge in [0.05, 0.1) is 4.90 Å². The summed E-state index contributed by atoms with van der Waals surface area (Å²) < 4.78 is 70.9. The molecule has 3 aromatic rings. The van der Waals surface area contributed by atoms with E-state index in [1.807, 2.05) is 0 Å². The highest BCUT2D eigenvalue weighted by Crippen LogP contribution is 2.27. The molecular weight excluding hydrogens is 403 g/mol. The average molecular weight is 414 g/mol. The summed E-state index contributed by atoms with van der Waals surface area (Å²) in [5.74, 6) is -0.409. The molecule has 0 saturated heterocycles. The fourth-order valence-corrected chi connectivity index (χ4v) is 4.65. The van der Waals surface area contributed by atoms with Gasteiger partial charge in [-0.25, -0.2) is 9.37 Å². The Hall–Kier alpha value is -2.34. The van der Waals surface area contributed by atoms with Crippen LogP contribution >= 0.6 is 11.3 Å². The molecule has 1 aromatic heterocycles. The van der Waals surface area contributed by atoms with Gasteiger partial charge in [0.15, 0.2) is 5.03 Å². The topological polar surface area (TPSA) is 113 Å². The first-order chi connectivity index (χ1) is 12.1. The Morgan fingerprint density at radius 1 is 0.962 bits per heavy atom. The highest BCUT2D eigenvalue weighted by molar-refractivity contribution is 7.92. The summed E-state index contributed by atoms with van der Waals surface area (Å²) in [7, 11) is -8.35. The van der Waals surface area contributed by atoms with E-state index >= 15 is 0 Å². The molecule has 7 nitrogen and oxygen atoms in total. The zero-order chi connectivity index (χ0) is 18.9. The monoisotopic (exact) mass is 414 g/mol. The van der Waals surface area contributed by atoms with E-state index in [-0.39, 0.29) is 15.6 Å². The summed E-state index contributed by atoms with van der Waals surface area (Å²) in [6.07, 6.45) is 0. The largest absolute Gasteiger partial charge is 0.294 e. The molecule has 0 fully saturated rings. The predicted molar refractivity (Wildman–Crippen MR) is 94.6 cm³/mol. The molecule has 0 aliphatic rings. The quantitative estimate of drug-likeness (QED) is 0.621. The van der Waals surface area contributed by atoms with E-state index in [0.717, 1.165) is 23.5 Å². The van der Waals surface area contributed by atoms with Crippen LogP contribution in [0.1, 0.15) is 0 Å². The molecule has 0 saturated carbocycles. The van der Waals surface area contributed by atoms with E-state index in [1.54, 1.807) is 0 Å². The van der Waals surface area contributed by atoms with Crippen molar-refractivity contribution in [3.63, 3.8) is 0 Å². The minimum absolute atomic E-state index is 0.105. The van der Waals surface area contributed by atoms with Crippen LogP contribution in [0.3, 0.4) is 0 Å². The molecule has 11 heteroatoms. The van der Waals surface area contributed by atoms with Gasteiger partial charge in [-0.2, -0.15) is 16.8 Å². The Morgan fingerprint density at radius 2 is 1.58 bits per heavy atom. The number of sulfonamides is 1. The summed E-state index contributed by atoms with van der Waals surface area (Å²) in [6, 6.07) is 10.0. The van der Waals surface area contributed by atoms with Gasteiger partial charge in [-0.15, -0.1) is 11.3 Å². The fourth-order valence-electron chi connectivity index (χ4n) is 2.01. The Kier molecular flexibility index (Phi) is 4.80. The predicted octanol–water partition coefficient (Wildman–Crippen LogP) is 3.00. The number of halogens is 1. The van der Waals surface area contributed by atoms with E-state index in [9.17, 15) is 21.2 Å². The van der Waals surface area contributed by atoms with Gasteiger partial charge in [0.2, 0.25) is 0 Å². The van der Waals surface area contributed by atoms with Crippen molar-refractivity contribution >= 4 is 37.2 Å². The smallest absolute Gasteiger partial charge is 0.282 e. The van der Waals surface area contributed by atoms with Crippen LogP contribution in [0, 0.1) is 5.82 Å². The molecule has 136 valence electrons. The van der Waals surface area contributed by atoms with Crippen molar-refractivity contribution in [3.8, 4) is 10.6 Å². The van der Waals surface area contributed by atoms with E-state index in [4.69, 9.17) is 4.55 Å². The number of anilines is 1. The van der Waals surface area contributed by atoms with Crippen molar-refractivity contribution in [1.29, 1.82) is 0 Å². The number of benzene rings is 2. The summed E-state index contributed by atoms with van der Waals surface area (Å²) in [5.41, 5.74) is 0.684. The SMILES string of the molecule is O=S(=O)(O)c1ccc(NS(=O)(=O)c2csc(-c3ccc(F)cc3)n2)cc1. The summed E-state index contributed by atoms with van der Waals surface area (Å²) in [4.78, 5) is 3.69. The number of aromatic nitrogens is 1. The number of nitrogens with zero attached hydrogens (tertiary/aromatic N) is 1. The third-order valence-electron chi connectivity index (χ3n) is 3.25. The number of thiazole rings is 1. The summed E-state index contributed by atoms with van der Waals surface area (Å²) in [6.45, 7) is 0. The van der Waals surface area contributed by atoms with Gasteiger partial charge >= 0.3 is 0 Å². The molecule has 26 heavy (non-hydrogen) atoms. The maximum atomic E-state index is 13.0. The van der Waals surface area contributed by atoms with Gasteiger partial charge in [-0.3, -0.25) is 9.27 Å². The third kappa shape index (κ3) is 4.07. The van der Waals surface area contributed by atoms with Crippen molar-refractivity contribution in [1.82, 2.24) is 4.98 Å². The highest BCUT2D eigenvalue weighted by Gasteiger charge is 2.19. The Balaban J connectivity index is 1.84. The van der Waals surface area contributed by atoms with Crippen LogP contribution in [0.15, 0.2) is 63.8 Å². The van der Waals surface area contributed by atoms with Gasteiger partial charge in [0, 0.05) is 16.6 Å². The maximum absolute atomic E-state index is 13.0. The lowest BCUT2D eigenvalue weighted by molar-refractivity contribution is 0.483. The van der Waals surface area contributed by atoms with Crippen molar-refractivity contribution in [2.45, 2.75) is 9.92 Å². The second kappa shape index (κ2) is 6.76. The average Bonchev–Trinajstić information content (AvgIpc) is 3.06. The molecule has 0 bridgehead atoms. The van der Waals surface area contributed by atoms with Crippen LogP contribution in [0.2, 0.25) is 0 Å². The molecule has 0 unspecified atom stereocenters. The minimum Gasteiger partial charge on any atom is -0.282 e. The highest BCUT2D eigenvalue weighted by atomic mass is 32.2. The van der Waals surface area contributed by atoms with Crippen LogP contribution < -0.4 is 4.72 Å². The van der Waals surface area contributed by atoms with Crippen LogP contribution in [0.4, 0.5) is 10.1 Å². The van der Waals surface area contributed by atoms with E-state index in [0.29, 0.717) is 10.6 Å². The van der Waals surface area contributed by atoms with Gasteiger partial charge < -0.3 is 0 Å². The molecule has 2 N–H and O–H groups in total. The van der Waals surface area contributed by atoms with Crippen LogP contribution in [0.5, 0.6) is 0 Å². The van der Waals surface area contributed by atoms with Crippen LogP contribution in [-0.2, 0) is 20.1 Å². The number of rotatable bonds is 5. The maximum Gasteiger partial charge on any atom is 0.294 e. The van der Waals surface area contributed by atoms with Crippen molar-refractivity contribution in [2.24, 2.45) is 0 Å². The van der Waals surface area contributed by atoms with E-state index < -0.39 is 26.0 Å². The standard InChI is InChI=1S/C15H11FN2O5S3/c16-11-3-1-10(2-4-11)15-17-14(9-24-15)25(19,20)18-12-5-7-13(8-6-12)26(21,22)23/h1-9,18H,(H,21,22,23). The van der Waals surface area contributed by atoms with Crippen molar-refractivity contribution in [2.75, 3.05) is 4.72 Å². The van der Waals surface area contributed by atoms with Crippen molar-refractivity contribution < 1.29 is 25.8 Å². The van der Waals surface area contributed by atoms with Gasteiger partial charge in [-0.05, 0) is 48.5 Å². The second-order valence-electron chi connectivity index (χ2n) is 5.10. The number of hydrogen-bond donors (Lipinski definition) is 2. The molecule has 0 amide bonds. The Labute approximate surface area is 153 Å². The molecule has 0 aliphatic heterocycles. The molecule has 3 rings (SSSR count). The number of hydrogen-bond acceptors (Lipinski definition) is 6. The van der Waals surface area contributed by atoms with E-state index in [2.05, 4.69) is 9.71 Å². The van der Waals surface area contributed by atoms with Gasteiger partial charge in [0.25, 0.3) is 20.1 Å². The lowest BCUT2D eigenvalue weighted by Crippen LogP contribution is -2.13. The van der Waals surface area contributed by atoms with E-state index in [1.165, 1.54) is 41.8 Å². The van der Waals surface area contributed by atoms with Gasteiger partial charge in [-0.1, -0.05) is 0 Å². The Bertz CT molecular complexity index is 1140. The molecule has 0 radical (unpaired) electrons. The molecule has 1 heterocycles. The zero-order valence-corrected chi connectivity index (χ0v) is 15.3. The van der Waals surface area contributed by atoms with Gasteiger partial charge in [0.1, 0.15) is 10.8 Å². The van der Waals surface area contributed by atoms with Crippen LogP contribution in [-0.4, -0.2) is 26.4 Å². The normalized spacial score (nSPS) is 12.1. The zero-order valence-electron chi connectivity index (χ0n) is 12.8. The number of nitrogens with one attached hydrogen (secondary N) is 1. The first-order valence-corrected chi connectivity index (χ1v) is 10.8. The minimum atomic E-state index is -4.36.